The van der Waals surface area contributed by atoms with Crippen molar-refractivity contribution in [2.75, 3.05) is 37.7 Å². The maximum absolute atomic E-state index is 15.2. The number of carboxylic acids is 1. The van der Waals surface area contributed by atoms with Crippen LogP contribution in [-0.2, 0) is 0 Å². The minimum absolute atomic E-state index is 0.198. The number of hydrogen-bond acceptors (Lipinski definition) is 5. The van der Waals surface area contributed by atoms with Gasteiger partial charge in [-0.2, -0.15) is 0 Å². The fraction of sp³-hybridized carbons (Fsp3) is 0.500. The third kappa shape index (κ3) is 2.37. The van der Waals surface area contributed by atoms with E-state index in [4.69, 9.17) is 4.74 Å². The van der Waals surface area contributed by atoms with Crippen molar-refractivity contribution in [3.63, 3.8) is 0 Å². The summed E-state index contributed by atoms with van der Waals surface area (Å²) >= 11 is 0. The molecule has 0 radical (unpaired) electrons. The van der Waals surface area contributed by atoms with Gasteiger partial charge in [0.05, 0.1) is 11.6 Å². The first-order valence-electron chi connectivity index (χ1n) is 9.64. The van der Waals surface area contributed by atoms with E-state index in [1.807, 2.05) is 4.90 Å². The molecule has 0 bridgehead atoms. The molecule has 2 N–H and O–H groups in total. The average Bonchev–Trinajstić information content (AvgIpc) is 2.64. The average molecular weight is 387 g/mol. The molecule has 1 atom stereocenters. The number of rotatable bonds is 2. The Morgan fingerprint density at radius 3 is 2.64 bits per heavy atom. The number of carbonyl (C=O) groups is 1. The van der Waals surface area contributed by atoms with Crippen molar-refractivity contribution in [3.8, 4) is 5.75 Å². The van der Waals surface area contributed by atoms with Crippen LogP contribution >= 0.6 is 0 Å². The molecule has 1 aromatic heterocycles. The van der Waals surface area contributed by atoms with Gasteiger partial charge in [-0.05, 0) is 37.3 Å². The van der Waals surface area contributed by atoms with E-state index in [0.29, 0.717) is 27.8 Å². The highest BCUT2D eigenvalue weighted by Gasteiger charge is 2.41. The number of aromatic carboxylic acids is 1. The van der Waals surface area contributed by atoms with Crippen molar-refractivity contribution in [2.45, 2.75) is 25.8 Å². The summed E-state index contributed by atoms with van der Waals surface area (Å²) in [5.41, 5.74) is 0.271. The van der Waals surface area contributed by atoms with Crippen molar-refractivity contribution in [1.82, 2.24) is 9.88 Å². The van der Waals surface area contributed by atoms with Crippen molar-refractivity contribution >= 4 is 22.6 Å². The number of nitrogens with zero attached hydrogens (tertiary/aromatic N) is 2. The number of ether oxygens (including phenoxy) is 1. The predicted molar refractivity (Wildman–Crippen MR) is 102 cm³/mol. The van der Waals surface area contributed by atoms with Crippen LogP contribution in [0.25, 0.3) is 10.9 Å². The highest BCUT2D eigenvalue weighted by Crippen LogP contribution is 2.45. The van der Waals surface area contributed by atoms with Gasteiger partial charge in [-0.1, -0.05) is 0 Å². The fourth-order valence-corrected chi connectivity index (χ4v) is 4.75. The van der Waals surface area contributed by atoms with Crippen molar-refractivity contribution < 1.29 is 19.0 Å². The van der Waals surface area contributed by atoms with Gasteiger partial charge in [-0.15, -0.1) is 0 Å². The van der Waals surface area contributed by atoms with E-state index in [2.05, 4.69) is 5.32 Å². The molecule has 4 heterocycles. The summed E-state index contributed by atoms with van der Waals surface area (Å²) in [6.07, 6.45) is 1.97. The van der Waals surface area contributed by atoms with Crippen LogP contribution in [0.4, 0.5) is 10.1 Å². The van der Waals surface area contributed by atoms with Crippen molar-refractivity contribution in [2.24, 2.45) is 5.41 Å². The molecule has 28 heavy (non-hydrogen) atoms. The van der Waals surface area contributed by atoms with E-state index in [9.17, 15) is 14.7 Å². The zero-order valence-electron chi connectivity index (χ0n) is 15.6. The van der Waals surface area contributed by atoms with Gasteiger partial charge in [-0.3, -0.25) is 9.36 Å². The summed E-state index contributed by atoms with van der Waals surface area (Å²) in [5, 5.41) is 13.1. The number of benzene rings is 1. The van der Waals surface area contributed by atoms with Crippen LogP contribution in [0.1, 0.15) is 36.2 Å². The van der Waals surface area contributed by atoms with Gasteiger partial charge < -0.3 is 20.1 Å². The third-order valence-corrected chi connectivity index (χ3v) is 6.48. The van der Waals surface area contributed by atoms with Crippen LogP contribution in [0.15, 0.2) is 16.9 Å². The van der Waals surface area contributed by atoms with E-state index < -0.39 is 17.3 Å². The molecule has 148 valence electrons. The molecule has 0 aliphatic carbocycles. The fourth-order valence-electron chi connectivity index (χ4n) is 4.75. The SMILES string of the molecule is C[C@H]1COc2c(N3CCC4(CC3)CNC4)c(F)cc3cc(C(=O)O)c(=O)n1c23. The Labute approximate surface area is 160 Å². The first kappa shape index (κ1) is 17.5. The van der Waals surface area contributed by atoms with Crippen LogP contribution in [-0.4, -0.2) is 48.4 Å². The number of hydrogen-bond donors (Lipinski definition) is 2. The molecule has 0 unspecified atom stereocenters. The summed E-state index contributed by atoms with van der Waals surface area (Å²) in [7, 11) is 0. The Hall–Kier alpha value is -2.61. The van der Waals surface area contributed by atoms with Crippen LogP contribution < -0.4 is 20.5 Å². The molecule has 5 rings (SSSR count). The zero-order valence-corrected chi connectivity index (χ0v) is 15.6. The molecule has 3 aliphatic rings. The zero-order chi connectivity index (χ0) is 19.6. The molecule has 8 heteroatoms. The number of carboxylic acid groups (broad SMARTS) is 1. The molecule has 2 fully saturated rings. The minimum atomic E-state index is -1.31. The first-order chi connectivity index (χ1) is 13.4. The molecule has 3 aliphatic heterocycles. The van der Waals surface area contributed by atoms with Crippen LogP contribution in [0.5, 0.6) is 5.75 Å². The number of aromatic nitrogens is 1. The van der Waals surface area contributed by atoms with Gasteiger partial charge in [0.2, 0.25) is 0 Å². The normalized spacial score (nSPS) is 22.8. The second-order valence-corrected chi connectivity index (χ2v) is 8.26. The summed E-state index contributed by atoms with van der Waals surface area (Å²) < 4.78 is 22.5. The van der Waals surface area contributed by atoms with Crippen LogP contribution in [0, 0.1) is 11.2 Å². The molecule has 7 nitrogen and oxygen atoms in total. The maximum Gasteiger partial charge on any atom is 0.341 e. The van der Waals surface area contributed by atoms with Crippen molar-refractivity contribution in [1.29, 1.82) is 0 Å². The van der Waals surface area contributed by atoms with Crippen LogP contribution in [0.3, 0.4) is 0 Å². The van der Waals surface area contributed by atoms with Gasteiger partial charge in [0.1, 0.15) is 17.9 Å². The molecule has 1 spiro atoms. The summed E-state index contributed by atoms with van der Waals surface area (Å²) in [6.45, 7) is 5.48. The lowest BCUT2D eigenvalue weighted by molar-refractivity contribution is 0.0694. The monoisotopic (exact) mass is 387 g/mol. The van der Waals surface area contributed by atoms with E-state index in [-0.39, 0.29) is 18.2 Å². The summed E-state index contributed by atoms with van der Waals surface area (Å²) in [6, 6.07) is 2.25. The minimum Gasteiger partial charge on any atom is -0.487 e. The van der Waals surface area contributed by atoms with Crippen molar-refractivity contribution in [3.05, 3.63) is 33.9 Å². The van der Waals surface area contributed by atoms with E-state index in [1.54, 1.807) is 6.92 Å². The highest BCUT2D eigenvalue weighted by molar-refractivity contribution is 5.97. The lowest BCUT2D eigenvalue weighted by Gasteiger charge is -2.49. The third-order valence-electron chi connectivity index (χ3n) is 6.48. The van der Waals surface area contributed by atoms with E-state index in [1.165, 1.54) is 16.7 Å². The topological polar surface area (TPSA) is 83.8 Å². The Kier molecular flexibility index (Phi) is 3.71. The molecule has 2 saturated heterocycles. The number of pyridine rings is 1. The number of halogens is 1. The van der Waals surface area contributed by atoms with Crippen LogP contribution in [0.2, 0.25) is 0 Å². The maximum atomic E-state index is 15.2. The van der Waals surface area contributed by atoms with Gasteiger partial charge in [0.25, 0.3) is 5.56 Å². The quantitative estimate of drug-likeness (QED) is 0.820. The number of nitrogens with one attached hydrogen (secondary N) is 1. The molecule has 0 saturated carbocycles. The largest absolute Gasteiger partial charge is 0.487 e. The molecule has 1 aromatic carbocycles. The Morgan fingerprint density at radius 1 is 1.32 bits per heavy atom. The summed E-state index contributed by atoms with van der Waals surface area (Å²) in [4.78, 5) is 26.3. The molecule has 0 amide bonds. The Bertz CT molecular complexity index is 1050. The Balaban J connectivity index is 1.68. The van der Waals surface area contributed by atoms with Gasteiger partial charge in [0, 0.05) is 31.6 Å². The molecular weight excluding hydrogens is 365 g/mol. The van der Waals surface area contributed by atoms with E-state index >= 15 is 4.39 Å². The molecule has 2 aromatic rings. The van der Waals surface area contributed by atoms with Gasteiger partial charge in [-0.25, -0.2) is 9.18 Å². The smallest absolute Gasteiger partial charge is 0.341 e. The van der Waals surface area contributed by atoms with Gasteiger partial charge >= 0.3 is 5.97 Å². The number of piperidine rings is 1. The second-order valence-electron chi connectivity index (χ2n) is 8.26. The number of anilines is 1. The molecular formula is C20H22FN3O4. The van der Waals surface area contributed by atoms with Gasteiger partial charge in [0.15, 0.2) is 11.6 Å². The Morgan fingerprint density at radius 2 is 2.04 bits per heavy atom. The second kappa shape index (κ2) is 5.94. The summed E-state index contributed by atoms with van der Waals surface area (Å²) in [5.74, 6) is -1.40. The predicted octanol–water partition coefficient (Wildman–Crippen LogP) is 1.98. The standard InChI is InChI=1S/C20H22FN3O4/c1-11-8-28-17-15-12(6-13(19(26)27)18(25)24(11)15)7-14(21)16(17)23-4-2-20(3-5-23)9-22-10-20/h6-7,11,22H,2-5,8-10H2,1H3,(H,26,27)/t11-/m0/s1. The van der Waals surface area contributed by atoms with E-state index in [0.717, 1.165) is 39.0 Å². The first-order valence-corrected chi connectivity index (χ1v) is 9.64. The highest BCUT2D eigenvalue weighted by atomic mass is 19.1. The lowest BCUT2D eigenvalue weighted by atomic mass is 9.73. The lowest BCUT2D eigenvalue weighted by Crippen LogP contribution is -2.58.